The Morgan fingerprint density at radius 3 is 2.40 bits per heavy atom. The van der Waals surface area contributed by atoms with Crippen molar-refractivity contribution in [1.82, 2.24) is 9.13 Å². The van der Waals surface area contributed by atoms with Crippen LogP contribution in [0.4, 0.5) is 4.39 Å². The van der Waals surface area contributed by atoms with Gasteiger partial charge in [0.1, 0.15) is 17.4 Å². The predicted molar refractivity (Wildman–Crippen MR) is 93.6 cm³/mol. The van der Waals surface area contributed by atoms with Crippen LogP contribution in [0.1, 0.15) is 5.56 Å². The second kappa shape index (κ2) is 5.83. The van der Waals surface area contributed by atoms with Gasteiger partial charge in [0.2, 0.25) is 0 Å². The van der Waals surface area contributed by atoms with E-state index >= 15 is 0 Å². The molecule has 2 aromatic carbocycles. The zero-order valence-corrected chi connectivity index (χ0v) is 13.0. The lowest BCUT2D eigenvalue weighted by atomic mass is 10.2. The number of fused-ring (bicyclic) bond motifs is 1. The van der Waals surface area contributed by atoms with Gasteiger partial charge in [-0.2, -0.15) is 0 Å². The number of rotatable bonds is 3. The van der Waals surface area contributed by atoms with E-state index in [1.54, 1.807) is 30.3 Å². The lowest BCUT2D eigenvalue weighted by molar-refractivity contribution is 0.322. The highest BCUT2D eigenvalue weighted by Crippen LogP contribution is 2.32. The third kappa shape index (κ3) is 2.44. The van der Waals surface area contributed by atoms with E-state index in [2.05, 4.69) is 5.16 Å². The number of hydrogen-bond acceptors (Lipinski definition) is 3. The SMILES string of the molecule is O/N=C/c1c(-n2cccc2)n(-c2ccc(O)cc2)c2ccc(F)cc12. The minimum atomic E-state index is -0.373. The number of benzene rings is 2. The summed E-state index contributed by atoms with van der Waals surface area (Å²) in [6, 6.07) is 14.9. The van der Waals surface area contributed by atoms with Crippen molar-refractivity contribution in [3.05, 3.63) is 78.4 Å². The number of phenols is 1. The molecule has 6 heteroatoms. The van der Waals surface area contributed by atoms with Crippen molar-refractivity contribution in [3.63, 3.8) is 0 Å². The van der Waals surface area contributed by atoms with Crippen LogP contribution in [0, 0.1) is 5.82 Å². The van der Waals surface area contributed by atoms with Gasteiger partial charge in [0, 0.05) is 29.0 Å². The molecular formula is C19H14FN3O2. The van der Waals surface area contributed by atoms with Crippen molar-refractivity contribution in [2.24, 2.45) is 5.16 Å². The maximum absolute atomic E-state index is 13.8. The van der Waals surface area contributed by atoms with Crippen LogP contribution in [0.2, 0.25) is 0 Å². The standard InChI is InChI=1S/C19H14FN3O2/c20-13-3-8-18-16(11-13)17(12-21-25)19(22-9-1-2-10-22)23(18)14-4-6-15(24)7-5-14/h1-12,24-25H/b21-12+. The summed E-state index contributed by atoms with van der Waals surface area (Å²) in [5, 5.41) is 22.5. The number of hydrogen-bond donors (Lipinski definition) is 2. The maximum atomic E-state index is 13.8. The van der Waals surface area contributed by atoms with Gasteiger partial charge in [0.25, 0.3) is 0 Å². The largest absolute Gasteiger partial charge is 0.508 e. The van der Waals surface area contributed by atoms with E-state index in [-0.39, 0.29) is 11.6 Å². The van der Waals surface area contributed by atoms with Crippen LogP contribution in [0.5, 0.6) is 5.75 Å². The Morgan fingerprint density at radius 2 is 1.72 bits per heavy atom. The van der Waals surface area contributed by atoms with Crippen molar-refractivity contribution in [1.29, 1.82) is 0 Å². The molecule has 2 N–H and O–H groups in total. The van der Waals surface area contributed by atoms with Crippen molar-refractivity contribution >= 4 is 17.1 Å². The number of aromatic nitrogens is 2. The minimum absolute atomic E-state index is 0.158. The molecule has 124 valence electrons. The number of phenolic OH excluding ortho intramolecular Hbond substituents is 1. The van der Waals surface area contributed by atoms with Crippen LogP contribution in [0.25, 0.3) is 22.4 Å². The molecule has 0 fully saturated rings. The van der Waals surface area contributed by atoms with Crippen molar-refractivity contribution in [2.75, 3.05) is 0 Å². The van der Waals surface area contributed by atoms with E-state index in [4.69, 9.17) is 5.21 Å². The molecule has 5 nitrogen and oxygen atoms in total. The van der Waals surface area contributed by atoms with E-state index in [0.29, 0.717) is 16.8 Å². The van der Waals surface area contributed by atoms with Crippen LogP contribution in [-0.4, -0.2) is 25.7 Å². The Kier molecular flexibility index (Phi) is 3.50. The summed E-state index contributed by atoms with van der Waals surface area (Å²) in [6.07, 6.45) is 5.01. The van der Waals surface area contributed by atoms with Gasteiger partial charge in [0.15, 0.2) is 0 Å². The highest BCUT2D eigenvalue weighted by molar-refractivity contribution is 6.04. The van der Waals surface area contributed by atoms with E-state index in [9.17, 15) is 9.50 Å². The lowest BCUT2D eigenvalue weighted by Crippen LogP contribution is -2.04. The van der Waals surface area contributed by atoms with Crippen molar-refractivity contribution in [3.8, 4) is 17.3 Å². The molecule has 0 radical (unpaired) electrons. The van der Waals surface area contributed by atoms with E-state index in [1.165, 1.54) is 18.3 Å². The van der Waals surface area contributed by atoms with Crippen LogP contribution >= 0.6 is 0 Å². The smallest absolute Gasteiger partial charge is 0.131 e. The molecular weight excluding hydrogens is 321 g/mol. The summed E-state index contributed by atoms with van der Waals surface area (Å²) >= 11 is 0. The minimum Gasteiger partial charge on any atom is -0.508 e. The third-order valence-electron chi connectivity index (χ3n) is 4.09. The van der Waals surface area contributed by atoms with Crippen LogP contribution < -0.4 is 0 Å². The molecule has 0 amide bonds. The average molecular weight is 335 g/mol. The van der Waals surface area contributed by atoms with Gasteiger partial charge >= 0.3 is 0 Å². The number of oxime groups is 1. The summed E-state index contributed by atoms with van der Waals surface area (Å²) in [4.78, 5) is 0. The normalized spacial score (nSPS) is 11.6. The summed E-state index contributed by atoms with van der Waals surface area (Å²) in [5.41, 5.74) is 2.13. The van der Waals surface area contributed by atoms with Crippen LogP contribution in [-0.2, 0) is 0 Å². The highest BCUT2D eigenvalue weighted by Gasteiger charge is 2.19. The number of aromatic hydroxyl groups is 1. The van der Waals surface area contributed by atoms with Gasteiger partial charge in [-0.3, -0.25) is 4.57 Å². The Morgan fingerprint density at radius 1 is 1.00 bits per heavy atom. The Bertz CT molecular complexity index is 1060. The zero-order valence-electron chi connectivity index (χ0n) is 13.0. The summed E-state index contributed by atoms with van der Waals surface area (Å²) < 4.78 is 17.6. The maximum Gasteiger partial charge on any atom is 0.131 e. The number of nitrogens with zero attached hydrogens (tertiary/aromatic N) is 3. The second-order valence-electron chi connectivity index (χ2n) is 5.59. The second-order valence-corrected chi connectivity index (χ2v) is 5.59. The van der Waals surface area contributed by atoms with Gasteiger partial charge < -0.3 is 14.9 Å². The van der Waals surface area contributed by atoms with Gasteiger partial charge in [0.05, 0.1) is 11.7 Å². The molecule has 0 spiro atoms. The zero-order chi connectivity index (χ0) is 17.4. The topological polar surface area (TPSA) is 62.7 Å². The molecule has 4 aromatic rings. The molecule has 2 heterocycles. The first-order valence-electron chi connectivity index (χ1n) is 7.63. The quantitative estimate of drug-likeness (QED) is 0.337. The summed E-state index contributed by atoms with van der Waals surface area (Å²) in [5.74, 6) is 0.488. The molecule has 0 bridgehead atoms. The lowest BCUT2D eigenvalue weighted by Gasteiger charge is -2.12. The molecule has 25 heavy (non-hydrogen) atoms. The summed E-state index contributed by atoms with van der Waals surface area (Å²) in [6.45, 7) is 0. The molecule has 4 rings (SSSR count). The van der Waals surface area contributed by atoms with E-state index < -0.39 is 0 Å². The predicted octanol–water partition coefficient (Wildman–Crippen LogP) is 4.07. The van der Waals surface area contributed by atoms with Crippen LogP contribution in [0.15, 0.2) is 72.1 Å². The third-order valence-corrected chi connectivity index (χ3v) is 4.09. The van der Waals surface area contributed by atoms with Crippen molar-refractivity contribution < 1.29 is 14.7 Å². The van der Waals surface area contributed by atoms with Gasteiger partial charge in [-0.05, 0) is 54.6 Å². The molecule has 0 saturated carbocycles. The molecule has 0 aliphatic rings. The molecule has 0 aliphatic heterocycles. The summed E-state index contributed by atoms with van der Waals surface area (Å²) in [7, 11) is 0. The van der Waals surface area contributed by atoms with E-state index in [0.717, 1.165) is 11.2 Å². The Balaban J connectivity index is 2.16. The van der Waals surface area contributed by atoms with Gasteiger partial charge in [-0.25, -0.2) is 4.39 Å². The number of halogens is 1. The first kappa shape index (κ1) is 15.0. The van der Waals surface area contributed by atoms with Gasteiger partial charge in [-0.15, -0.1) is 0 Å². The average Bonchev–Trinajstić information content (AvgIpc) is 3.23. The fourth-order valence-electron chi connectivity index (χ4n) is 3.05. The first-order chi connectivity index (χ1) is 12.2. The first-order valence-corrected chi connectivity index (χ1v) is 7.63. The van der Waals surface area contributed by atoms with Crippen molar-refractivity contribution in [2.45, 2.75) is 0 Å². The van der Waals surface area contributed by atoms with Gasteiger partial charge in [-0.1, -0.05) is 5.16 Å². The fourth-order valence-corrected chi connectivity index (χ4v) is 3.05. The highest BCUT2D eigenvalue weighted by atomic mass is 19.1. The Hall–Kier alpha value is -3.54. The molecule has 2 aromatic heterocycles. The van der Waals surface area contributed by atoms with E-state index in [1.807, 2.05) is 33.7 Å². The fraction of sp³-hybridized carbons (Fsp3) is 0. The molecule has 0 unspecified atom stereocenters. The molecule has 0 aliphatic carbocycles. The Labute approximate surface area is 142 Å². The molecule has 0 saturated heterocycles. The van der Waals surface area contributed by atoms with Crippen LogP contribution in [0.3, 0.4) is 0 Å². The molecule has 0 atom stereocenters. The monoisotopic (exact) mass is 335 g/mol.